The Bertz CT molecular complexity index is 836. The van der Waals surface area contributed by atoms with Crippen molar-refractivity contribution in [2.24, 2.45) is 0 Å². The minimum atomic E-state index is -0.502. The number of benzene rings is 2. The number of thiazole rings is 1. The number of nitrogens with one attached hydrogen (secondary N) is 1. The van der Waals surface area contributed by atoms with Crippen molar-refractivity contribution in [2.75, 3.05) is 6.61 Å². The van der Waals surface area contributed by atoms with Gasteiger partial charge in [-0.05, 0) is 17.7 Å². The van der Waals surface area contributed by atoms with Gasteiger partial charge in [0.05, 0.1) is 18.8 Å². The first-order valence-corrected chi connectivity index (χ1v) is 8.18. The van der Waals surface area contributed by atoms with Crippen LogP contribution in [0.1, 0.15) is 21.3 Å². The van der Waals surface area contributed by atoms with Crippen LogP contribution in [0, 0.1) is 5.82 Å². The molecule has 0 fully saturated rings. The number of carbonyl (C=O) groups is 1. The molecule has 1 amide bonds. The van der Waals surface area contributed by atoms with Gasteiger partial charge in [0.1, 0.15) is 15.7 Å². The molecule has 0 bridgehead atoms. The molecule has 2 aromatic carbocycles. The number of hydrogen-bond acceptors (Lipinski definition) is 4. The summed E-state index contributed by atoms with van der Waals surface area (Å²) in [6.07, 6.45) is 1.42. The van der Waals surface area contributed by atoms with Crippen molar-refractivity contribution in [3.8, 4) is 10.6 Å². The molecule has 4 nitrogen and oxygen atoms in total. The molecule has 1 aromatic heterocycles. The smallest absolute Gasteiger partial charge is 0.263 e. The van der Waals surface area contributed by atoms with Crippen molar-refractivity contribution in [3.05, 3.63) is 77.1 Å². The molecule has 0 radical (unpaired) electrons. The van der Waals surface area contributed by atoms with Gasteiger partial charge in [0.15, 0.2) is 0 Å². The van der Waals surface area contributed by atoms with Crippen molar-refractivity contribution in [1.82, 2.24) is 10.3 Å². The van der Waals surface area contributed by atoms with E-state index in [4.69, 9.17) is 0 Å². The molecule has 0 aliphatic rings. The van der Waals surface area contributed by atoms with Crippen LogP contribution in [-0.4, -0.2) is 22.6 Å². The van der Waals surface area contributed by atoms with Crippen molar-refractivity contribution in [3.63, 3.8) is 0 Å². The molecule has 0 saturated carbocycles. The van der Waals surface area contributed by atoms with E-state index in [0.717, 1.165) is 16.9 Å². The van der Waals surface area contributed by atoms with Gasteiger partial charge in [0, 0.05) is 5.56 Å². The molecule has 3 rings (SSSR count). The number of amides is 1. The van der Waals surface area contributed by atoms with E-state index in [2.05, 4.69) is 10.3 Å². The van der Waals surface area contributed by atoms with Crippen LogP contribution < -0.4 is 5.32 Å². The average molecular weight is 342 g/mol. The summed E-state index contributed by atoms with van der Waals surface area (Å²) in [4.78, 5) is 16.9. The third-order valence-electron chi connectivity index (χ3n) is 3.52. The average Bonchev–Trinajstić information content (AvgIpc) is 3.10. The summed E-state index contributed by atoms with van der Waals surface area (Å²) in [5.41, 5.74) is 1.18. The van der Waals surface area contributed by atoms with E-state index in [9.17, 15) is 14.3 Å². The van der Waals surface area contributed by atoms with Gasteiger partial charge in [0.2, 0.25) is 0 Å². The van der Waals surface area contributed by atoms with Gasteiger partial charge >= 0.3 is 0 Å². The predicted octanol–water partition coefficient (Wildman–Crippen LogP) is 3.41. The summed E-state index contributed by atoms with van der Waals surface area (Å²) >= 11 is 1.11. The fraction of sp³-hybridized carbons (Fsp3) is 0.111. The van der Waals surface area contributed by atoms with Crippen LogP contribution in [0.4, 0.5) is 4.39 Å². The molecule has 2 N–H and O–H groups in total. The van der Waals surface area contributed by atoms with Crippen LogP contribution in [0.15, 0.2) is 60.8 Å². The van der Waals surface area contributed by atoms with Crippen LogP contribution in [0.5, 0.6) is 0 Å². The molecule has 0 aliphatic carbocycles. The fourth-order valence-corrected chi connectivity index (χ4v) is 3.13. The number of rotatable bonds is 5. The molecule has 6 heteroatoms. The summed E-state index contributed by atoms with van der Waals surface area (Å²) in [6.45, 7) is -0.214. The Morgan fingerprint density at radius 3 is 2.58 bits per heavy atom. The highest BCUT2D eigenvalue weighted by molar-refractivity contribution is 7.16. The molecule has 24 heavy (non-hydrogen) atoms. The van der Waals surface area contributed by atoms with Crippen LogP contribution in [0.25, 0.3) is 10.6 Å². The van der Waals surface area contributed by atoms with Crippen molar-refractivity contribution >= 4 is 17.2 Å². The third kappa shape index (κ3) is 3.50. The monoisotopic (exact) mass is 342 g/mol. The molecule has 3 aromatic rings. The highest BCUT2D eigenvalue weighted by atomic mass is 32.1. The van der Waals surface area contributed by atoms with E-state index >= 15 is 0 Å². The van der Waals surface area contributed by atoms with Gasteiger partial charge in [-0.1, -0.05) is 42.5 Å². The molecular weight excluding hydrogens is 327 g/mol. The van der Waals surface area contributed by atoms with Gasteiger partial charge in [-0.25, -0.2) is 9.37 Å². The van der Waals surface area contributed by atoms with Crippen molar-refractivity contribution < 1.29 is 14.3 Å². The zero-order chi connectivity index (χ0) is 16.9. The second kappa shape index (κ2) is 7.33. The van der Waals surface area contributed by atoms with Crippen molar-refractivity contribution in [2.45, 2.75) is 6.04 Å². The molecule has 1 heterocycles. The van der Waals surface area contributed by atoms with E-state index in [1.165, 1.54) is 12.3 Å². The first kappa shape index (κ1) is 16.3. The minimum Gasteiger partial charge on any atom is -0.394 e. The Morgan fingerprint density at radius 2 is 1.88 bits per heavy atom. The lowest BCUT2D eigenvalue weighted by Gasteiger charge is -2.15. The fourth-order valence-electron chi connectivity index (χ4n) is 2.29. The van der Waals surface area contributed by atoms with Gasteiger partial charge in [-0.2, -0.15) is 0 Å². The second-order valence-corrected chi connectivity index (χ2v) is 6.16. The van der Waals surface area contributed by atoms with E-state index in [0.29, 0.717) is 15.4 Å². The maximum atomic E-state index is 13.8. The molecule has 0 spiro atoms. The van der Waals surface area contributed by atoms with Gasteiger partial charge < -0.3 is 10.4 Å². The molecule has 1 atom stereocenters. The first-order chi connectivity index (χ1) is 11.7. The number of carbonyl (C=O) groups excluding carboxylic acids is 1. The Kier molecular flexibility index (Phi) is 4.98. The molecule has 0 aliphatic heterocycles. The SMILES string of the molecule is O=C(NC(CO)c1ccccc1)c1cnc(-c2ccccc2F)s1. The lowest BCUT2D eigenvalue weighted by atomic mass is 10.1. The standard InChI is InChI=1S/C18H15FN2O2S/c19-14-9-5-4-8-13(14)18-20-10-16(24-18)17(23)21-15(11-22)12-6-2-1-3-7-12/h1-10,15,22H,11H2,(H,21,23). The third-order valence-corrected chi connectivity index (χ3v) is 4.55. The van der Waals surface area contributed by atoms with E-state index < -0.39 is 6.04 Å². The number of hydrogen-bond donors (Lipinski definition) is 2. The number of aliphatic hydroxyl groups is 1. The maximum absolute atomic E-state index is 13.8. The lowest BCUT2D eigenvalue weighted by molar-refractivity contribution is 0.0920. The molecule has 122 valence electrons. The Balaban J connectivity index is 1.78. The topological polar surface area (TPSA) is 62.2 Å². The molecule has 0 saturated heterocycles. The summed E-state index contributed by atoms with van der Waals surface area (Å²) < 4.78 is 13.8. The lowest BCUT2D eigenvalue weighted by Crippen LogP contribution is -2.30. The zero-order valence-electron chi connectivity index (χ0n) is 12.6. The predicted molar refractivity (Wildman–Crippen MR) is 91.2 cm³/mol. The number of halogens is 1. The van der Waals surface area contributed by atoms with Crippen LogP contribution in [-0.2, 0) is 0 Å². The van der Waals surface area contributed by atoms with Gasteiger partial charge in [0.25, 0.3) is 5.91 Å². The largest absolute Gasteiger partial charge is 0.394 e. The van der Waals surface area contributed by atoms with Gasteiger partial charge in [-0.3, -0.25) is 4.79 Å². The van der Waals surface area contributed by atoms with Gasteiger partial charge in [-0.15, -0.1) is 11.3 Å². The Labute approximate surface area is 142 Å². The summed E-state index contributed by atoms with van der Waals surface area (Å²) in [6, 6.07) is 15.0. The quantitative estimate of drug-likeness (QED) is 0.747. The number of nitrogens with zero attached hydrogens (tertiary/aromatic N) is 1. The molecular formula is C18H15FN2O2S. The maximum Gasteiger partial charge on any atom is 0.263 e. The minimum absolute atomic E-state index is 0.214. The van der Waals surface area contributed by atoms with E-state index in [-0.39, 0.29) is 18.3 Å². The second-order valence-electron chi connectivity index (χ2n) is 5.13. The number of aliphatic hydroxyl groups excluding tert-OH is 1. The van der Waals surface area contributed by atoms with Crippen LogP contribution in [0.2, 0.25) is 0 Å². The number of aromatic nitrogens is 1. The Morgan fingerprint density at radius 1 is 1.17 bits per heavy atom. The van der Waals surface area contributed by atoms with E-state index in [1.807, 2.05) is 30.3 Å². The van der Waals surface area contributed by atoms with Crippen LogP contribution in [0.3, 0.4) is 0 Å². The van der Waals surface area contributed by atoms with Crippen LogP contribution >= 0.6 is 11.3 Å². The van der Waals surface area contributed by atoms with E-state index in [1.54, 1.807) is 18.2 Å². The summed E-state index contributed by atoms with van der Waals surface area (Å²) in [7, 11) is 0. The Hall–Kier alpha value is -2.57. The summed E-state index contributed by atoms with van der Waals surface area (Å²) in [5.74, 6) is -0.727. The highest BCUT2D eigenvalue weighted by Crippen LogP contribution is 2.27. The zero-order valence-corrected chi connectivity index (χ0v) is 13.5. The molecule has 1 unspecified atom stereocenters. The highest BCUT2D eigenvalue weighted by Gasteiger charge is 2.18. The first-order valence-electron chi connectivity index (χ1n) is 7.36. The summed E-state index contributed by atoms with van der Waals surface area (Å²) in [5, 5.41) is 12.7. The normalized spacial score (nSPS) is 11.9. The van der Waals surface area contributed by atoms with Crippen molar-refractivity contribution in [1.29, 1.82) is 0 Å².